The Bertz CT molecular complexity index is 1270. The van der Waals surface area contributed by atoms with Crippen LogP contribution in [0.5, 0.6) is 5.75 Å². The van der Waals surface area contributed by atoms with Crippen LogP contribution in [0.2, 0.25) is 5.02 Å². The second-order valence-corrected chi connectivity index (χ2v) is 7.82. The number of rotatable bonds is 4. The number of carbonyl (C=O) groups is 2. The summed E-state index contributed by atoms with van der Waals surface area (Å²) in [5.74, 6) is -2.34. The quantitative estimate of drug-likeness (QED) is 0.326. The summed E-state index contributed by atoms with van der Waals surface area (Å²) >= 11 is 6.09. The molecule has 0 bridgehead atoms. The first-order valence-corrected chi connectivity index (χ1v) is 10.2. The van der Waals surface area contributed by atoms with Crippen molar-refractivity contribution in [2.75, 3.05) is 12.0 Å². The van der Waals surface area contributed by atoms with Gasteiger partial charge < -0.3 is 9.84 Å². The molecule has 3 aromatic rings. The zero-order valence-corrected chi connectivity index (χ0v) is 18.1. The lowest BCUT2D eigenvalue weighted by atomic mass is 9.94. The van der Waals surface area contributed by atoms with Crippen LogP contribution < -0.4 is 9.64 Å². The molecule has 7 heteroatoms. The number of anilines is 1. The van der Waals surface area contributed by atoms with E-state index in [1.54, 1.807) is 18.2 Å². The first-order chi connectivity index (χ1) is 15.3. The van der Waals surface area contributed by atoms with Crippen LogP contribution in [-0.4, -0.2) is 23.9 Å². The second kappa shape index (κ2) is 8.48. The monoisotopic (exact) mass is 451 g/mol. The van der Waals surface area contributed by atoms with Crippen LogP contribution in [0.25, 0.3) is 5.76 Å². The minimum Gasteiger partial charge on any atom is -0.507 e. The normalized spacial score (nSPS) is 17.6. The number of aryl methyl sites for hydroxylation is 1. The van der Waals surface area contributed by atoms with E-state index in [1.165, 1.54) is 48.4 Å². The van der Waals surface area contributed by atoms with Crippen molar-refractivity contribution in [3.8, 4) is 5.75 Å². The lowest BCUT2D eigenvalue weighted by molar-refractivity contribution is -0.132. The SMILES string of the molecule is COc1cc(/C(O)=C2\C(=O)C(=O)N(c3cccc(F)c3)C2c2cccc(C)c2)ccc1Cl. The molecule has 0 radical (unpaired) electrons. The van der Waals surface area contributed by atoms with Gasteiger partial charge in [-0.15, -0.1) is 0 Å². The summed E-state index contributed by atoms with van der Waals surface area (Å²) in [6, 6.07) is 16.3. The summed E-state index contributed by atoms with van der Waals surface area (Å²) in [4.78, 5) is 27.4. The van der Waals surface area contributed by atoms with Gasteiger partial charge in [-0.3, -0.25) is 14.5 Å². The summed E-state index contributed by atoms with van der Waals surface area (Å²) in [6.07, 6.45) is 0. The molecule has 3 aromatic carbocycles. The Balaban J connectivity index is 1.97. The summed E-state index contributed by atoms with van der Waals surface area (Å²) in [5, 5.41) is 11.5. The van der Waals surface area contributed by atoms with Crippen molar-refractivity contribution in [2.45, 2.75) is 13.0 Å². The Labute approximate surface area is 189 Å². The first kappa shape index (κ1) is 21.6. The van der Waals surface area contributed by atoms with E-state index in [1.807, 2.05) is 19.1 Å². The maximum atomic E-state index is 14.0. The number of aliphatic hydroxyl groups excluding tert-OH is 1. The van der Waals surface area contributed by atoms with Gasteiger partial charge in [-0.05, 0) is 48.9 Å². The van der Waals surface area contributed by atoms with Gasteiger partial charge in [0.05, 0.1) is 23.7 Å². The molecular weight excluding hydrogens is 433 g/mol. The molecule has 32 heavy (non-hydrogen) atoms. The van der Waals surface area contributed by atoms with E-state index in [4.69, 9.17) is 16.3 Å². The molecule has 1 atom stereocenters. The fourth-order valence-corrected chi connectivity index (χ4v) is 4.04. The van der Waals surface area contributed by atoms with Crippen LogP contribution in [0.3, 0.4) is 0 Å². The molecular formula is C25H19ClFNO4. The number of ketones is 1. The van der Waals surface area contributed by atoms with Gasteiger partial charge in [0.25, 0.3) is 11.7 Å². The molecule has 1 aliphatic heterocycles. The van der Waals surface area contributed by atoms with E-state index in [-0.39, 0.29) is 22.6 Å². The number of amides is 1. The molecule has 4 rings (SSSR count). The number of hydrogen-bond donors (Lipinski definition) is 1. The van der Waals surface area contributed by atoms with Crippen molar-refractivity contribution in [3.05, 3.63) is 99.8 Å². The number of halogens is 2. The third-order valence-corrected chi connectivity index (χ3v) is 5.63. The predicted octanol–water partition coefficient (Wildman–Crippen LogP) is 5.42. The molecule has 1 N–H and O–H groups in total. The first-order valence-electron chi connectivity index (χ1n) is 9.79. The second-order valence-electron chi connectivity index (χ2n) is 7.41. The molecule has 0 saturated carbocycles. The molecule has 162 valence electrons. The number of hydrogen-bond acceptors (Lipinski definition) is 4. The van der Waals surface area contributed by atoms with E-state index in [9.17, 15) is 19.1 Å². The van der Waals surface area contributed by atoms with E-state index in [2.05, 4.69) is 0 Å². The molecule has 1 fully saturated rings. The van der Waals surface area contributed by atoms with Gasteiger partial charge in [0.1, 0.15) is 17.3 Å². The van der Waals surface area contributed by atoms with Crippen LogP contribution in [-0.2, 0) is 9.59 Å². The van der Waals surface area contributed by atoms with Gasteiger partial charge in [0.15, 0.2) is 0 Å². The third kappa shape index (κ3) is 3.74. The maximum absolute atomic E-state index is 14.0. The Kier molecular flexibility index (Phi) is 5.72. The predicted molar refractivity (Wildman–Crippen MR) is 120 cm³/mol. The molecule has 0 aromatic heterocycles. The maximum Gasteiger partial charge on any atom is 0.300 e. The van der Waals surface area contributed by atoms with Gasteiger partial charge in [-0.1, -0.05) is 47.5 Å². The van der Waals surface area contributed by atoms with Gasteiger partial charge >= 0.3 is 0 Å². The van der Waals surface area contributed by atoms with Gasteiger partial charge in [-0.25, -0.2) is 4.39 Å². The highest BCUT2D eigenvalue weighted by Crippen LogP contribution is 2.43. The third-order valence-electron chi connectivity index (χ3n) is 5.31. The lowest BCUT2D eigenvalue weighted by Gasteiger charge is -2.25. The number of carbonyl (C=O) groups excluding carboxylic acids is 2. The number of ether oxygens (including phenoxy) is 1. The van der Waals surface area contributed by atoms with E-state index in [0.29, 0.717) is 16.3 Å². The van der Waals surface area contributed by atoms with Crippen molar-refractivity contribution in [1.29, 1.82) is 0 Å². The highest BCUT2D eigenvalue weighted by atomic mass is 35.5. The standard InChI is InChI=1S/C25H19ClFNO4/c1-14-5-3-6-15(11-14)22-21(23(29)16-9-10-19(26)20(12-16)32-2)24(30)25(31)28(22)18-8-4-7-17(27)13-18/h3-13,22,29H,1-2H3/b23-21+. The Morgan fingerprint density at radius 3 is 2.50 bits per heavy atom. The summed E-state index contributed by atoms with van der Waals surface area (Å²) in [5.41, 5.74) is 1.89. The average molecular weight is 452 g/mol. The summed E-state index contributed by atoms with van der Waals surface area (Å²) in [7, 11) is 1.43. The van der Waals surface area contributed by atoms with Crippen LogP contribution in [0.1, 0.15) is 22.7 Å². The van der Waals surface area contributed by atoms with Crippen molar-refractivity contribution < 1.29 is 23.8 Å². The number of methoxy groups -OCH3 is 1. The fraction of sp³-hybridized carbons (Fsp3) is 0.120. The average Bonchev–Trinajstić information content (AvgIpc) is 3.04. The number of nitrogens with zero attached hydrogens (tertiary/aromatic N) is 1. The van der Waals surface area contributed by atoms with Crippen molar-refractivity contribution in [2.24, 2.45) is 0 Å². The van der Waals surface area contributed by atoms with E-state index < -0.39 is 23.5 Å². The van der Waals surface area contributed by atoms with Crippen molar-refractivity contribution in [1.82, 2.24) is 0 Å². The van der Waals surface area contributed by atoms with Crippen LogP contribution in [0.4, 0.5) is 10.1 Å². The van der Waals surface area contributed by atoms with Crippen LogP contribution >= 0.6 is 11.6 Å². The Hall–Kier alpha value is -3.64. The highest BCUT2D eigenvalue weighted by Gasteiger charge is 2.47. The van der Waals surface area contributed by atoms with E-state index >= 15 is 0 Å². The zero-order chi connectivity index (χ0) is 23.0. The smallest absolute Gasteiger partial charge is 0.300 e. The summed E-state index contributed by atoms with van der Waals surface area (Å²) < 4.78 is 19.2. The minimum absolute atomic E-state index is 0.103. The Morgan fingerprint density at radius 2 is 1.81 bits per heavy atom. The minimum atomic E-state index is -0.946. The number of benzene rings is 3. The van der Waals surface area contributed by atoms with Crippen molar-refractivity contribution >= 4 is 34.7 Å². The number of aliphatic hydroxyl groups is 1. The largest absolute Gasteiger partial charge is 0.507 e. The highest BCUT2D eigenvalue weighted by molar-refractivity contribution is 6.51. The van der Waals surface area contributed by atoms with Crippen molar-refractivity contribution in [3.63, 3.8) is 0 Å². The molecule has 1 amide bonds. The molecule has 0 spiro atoms. The lowest BCUT2D eigenvalue weighted by Crippen LogP contribution is -2.29. The van der Waals surface area contributed by atoms with Gasteiger partial charge in [0, 0.05) is 11.3 Å². The van der Waals surface area contributed by atoms with E-state index in [0.717, 1.165) is 5.56 Å². The topological polar surface area (TPSA) is 66.8 Å². The number of Topliss-reactive ketones (excluding diaryl/α,β-unsaturated/α-hetero) is 1. The summed E-state index contributed by atoms with van der Waals surface area (Å²) in [6.45, 7) is 1.88. The van der Waals surface area contributed by atoms with Crippen LogP contribution in [0.15, 0.2) is 72.3 Å². The van der Waals surface area contributed by atoms with Gasteiger partial charge in [-0.2, -0.15) is 0 Å². The van der Waals surface area contributed by atoms with Gasteiger partial charge in [0.2, 0.25) is 0 Å². The molecule has 5 nitrogen and oxygen atoms in total. The molecule has 0 aliphatic carbocycles. The van der Waals surface area contributed by atoms with Crippen LogP contribution in [0, 0.1) is 12.7 Å². The zero-order valence-electron chi connectivity index (χ0n) is 17.3. The fourth-order valence-electron chi connectivity index (χ4n) is 3.84. The molecule has 1 heterocycles. The molecule has 1 aliphatic rings. The molecule has 1 saturated heterocycles. The Morgan fingerprint density at radius 1 is 1.06 bits per heavy atom. The molecule has 1 unspecified atom stereocenters.